The van der Waals surface area contributed by atoms with Gasteiger partial charge in [0.2, 0.25) is 6.79 Å². The number of aliphatic carboxylic acids is 1. The Morgan fingerprint density at radius 2 is 1.85 bits per heavy atom. The van der Waals surface area contributed by atoms with Crippen molar-refractivity contribution in [1.82, 2.24) is 4.90 Å². The van der Waals surface area contributed by atoms with Gasteiger partial charge in [-0.2, -0.15) is 0 Å². The monoisotopic (exact) mass is 451 g/mol. The molecule has 6 heteroatoms. The maximum absolute atomic E-state index is 12.6. The van der Waals surface area contributed by atoms with Gasteiger partial charge in [0, 0.05) is 25.0 Å². The van der Waals surface area contributed by atoms with Crippen molar-refractivity contribution in [3.05, 3.63) is 65.2 Å². The van der Waals surface area contributed by atoms with Crippen LogP contribution in [-0.2, 0) is 4.79 Å². The van der Waals surface area contributed by atoms with Crippen LogP contribution in [0.2, 0.25) is 0 Å². The van der Waals surface area contributed by atoms with Crippen molar-refractivity contribution in [1.29, 1.82) is 0 Å². The molecule has 176 valence electrons. The third kappa shape index (κ3) is 5.01. The lowest BCUT2D eigenvalue weighted by molar-refractivity contribution is -0.143. The molecule has 2 aromatic carbocycles. The molecule has 33 heavy (non-hydrogen) atoms. The number of hydrogen-bond donors (Lipinski definition) is 1. The smallest absolute Gasteiger partial charge is 0.309 e. The minimum atomic E-state index is -0.788. The van der Waals surface area contributed by atoms with Crippen LogP contribution in [-0.4, -0.2) is 43.0 Å². The van der Waals surface area contributed by atoms with Gasteiger partial charge in [0.25, 0.3) is 0 Å². The summed E-state index contributed by atoms with van der Waals surface area (Å²) >= 11 is 0. The highest BCUT2D eigenvalue weighted by atomic mass is 16.7. The average molecular weight is 452 g/mol. The van der Waals surface area contributed by atoms with Crippen LogP contribution in [0.1, 0.15) is 50.3 Å². The largest absolute Gasteiger partial charge is 0.497 e. The standard InChI is InChI=1S/C27H33NO5/c1-17(2)13-18(3)11-12-28-15-22(20-7-10-23-24(14-20)33-16-32-23)25(27(29)30)26(28)19-5-8-21(31-4)9-6-19/h5-11,14,17,22,25-26H,12-13,15-16H2,1-4H3,(H,29,30)/t22?,25-,26+/m0/s1. The quantitative estimate of drug-likeness (QED) is 0.553. The van der Waals surface area contributed by atoms with E-state index in [4.69, 9.17) is 14.2 Å². The zero-order valence-corrected chi connectivity index (χ0v) is 19.8. The highest BCUT2D eigenvalue weighted by Crippen LogP contribution is 2.47. The first-order chi connectivity index (χ1) is 15.9. The average Bonchev–Trinajstić information content (AvgIpc) is 3.41. The number of benzene rings is 2. The Bertz CT molecular complexity index is 1010. The third-order valence-corrected chi connectivity index (χ3v) is 6.57. The molecule has 4 rings (SSSR count). The molecule has 1 unspecified atom stereocenters. The van der Waals surface area contributed by atoms with Gasteiger partial charge in [-0.05, 0) is 54.7 Å². The van der Waals surface area contributed by atoms with Gasteiger partial charge in [0.1, 0.15) is 5.75 Å². The number of nitrogens with zero attached hydrogens (tertiary/aromatic N) is 1. The molecule has 2 aliphatic heterocycles. The molecule has 0 saturated carbocycles. The summed E-state index contributed by atoms with van der Waals surface area (Å²) in [5, 5.41) is 10.4. The van der Waals surface area contributed by atoms with Crippen molar-refractivity contribution < 1.29 is 24.1 Å². The van der Waals surface area contributed by atoms with E-state index in [0.717, 1.165) is 23.3 Å². The molecule has 0 amide bonds. The van der Waals surface area contributed by atoms with Crippen LogP contribution >= 0.6 is 0 Å². The van der Waals surface area contributed by atoms with E-state index >= 15 is 0 Å². The molecule has 2 aromatic rings. The van der Waals surface area contributed by atoms with Crippen molar-refractivity contribution in [2.75, 3.05) is 27.0 Å². The minimum Gasteiger partial charge on any atom is -0.497 e. The summed E-state index contributed by atoms with van der Waals surface area (Å²) in [6, 6.07) is 13.3. The number of carbonyl (C=O) groups is 1. The van der Waals surface area contributed by atoms with Crippen LogP contribution < -0.4 is 14.2 Å². The highest BCUT2D eigenvalue weighted by molar-refractivity contribution is 5.74. The topological polar surface area (TPSA) is 68.2 Å². The molecule has 0 bridgehead atoms. The molecular weight excluding hydrogens is 418 g/mol. The summed E-state index contributed by atoms with van der Waals surface area (Å²) in [7, 11) is 1.63. The molecule has 3 atom stereocenters. The highest BCUT2D eigenvalue weighted by Gasteiger charge is 2.47. The Morgan fingerprint density at radius 3 is 2.52 bits per heavy atom. The van der Waals surface area contributed by atoms with Crippen molar-refractivity contribution >= 4 is 5.97 Å². The number of rotatable bonds is 8. The molecule has 2 heterocycles. The lowest BCUT2D eigenvalue weighted by Crippen LogP contribution is -2.29. The van der Waals surface area contributed by atoms with E-state index < -0.39 is 11.9 Å². The zero-order chi connectivity index (χ0) is 23.5. The maximum Gasteiger partial charge on any atom is 0.309 e. The Balaban J connectivity index is 1.70. The molecular formula is C27H33NO5. The minimum absolute atomic E-state index is 0.164. The summed E-state index contributed by atoms with van der Waals surface area (Å²) in [4.78, 5) is 14.9. The Morgan fingerprint density at radius 1 is 1.15 bits per heavy atom. The molecule has 0 radical (unpaired) electrons. The normalized spacial score (nSPS) is 22.7. The number of allylic oxidation sites excluding steroid dienone is 1. The summed E-state index contributed by atoms with van der Waals surface area (Å²) < 4.78 is 16.3. The van der Waals surface area contributed by atoms with Gasteiger partial charge < -0.3 is 19.3 Å². The van der Waals surface area contributed by atoms with E-state index in [-0.39, 0.29) is 18.8 Å². The number of hydrogen-bond acceptors (Lipinski definition) is 5. The van der Waals surface area contributed by atoms with E-state index in [1.807, 2.05) is 42.5 Å². The fraction of sp³-hybridized carbons (Fsp3) is 0.444. The Kier molecular flexibility index (Phi) is 6.94. The van der Waals surface area contributed by atoms with Gasteiger partial charge in [0.05, 0.1) is 13.0 Å². The fourth-order valence-electron chi connectivity index (χ4n) is 5.10. The van der Waals surface area contributed by atoms with Crippen molar-refractivity contribution in [2.24, 2.45) is 11.8 Å². The second-order valence-electron chi connectivity index (χ2n) is 9.40. The number of ether oxygens (including phenoxy) is 3. The number of carboxylic acids is 1. The van der Waals surface area contributed by atoms with E-state index in [0.29, 0.717) is 30.5 Å². The van der Waals surface area contributed by atoms with Gasteiger partial charge in [-0.25, -0.2) is 0 Å². The van der Waals surface area contributed by atoms with Gasteiger partial charge >= 0.3 is 5.97 Å². The van der Waals surface area contributed by atoms with Crippen LogP contribution in [0.25, 0.3) is 0 Å². The number of methoxy groups -OCH3 is 1. The van der Waals surface area contributed by atoms with Crippen LogP contribution in [0.15, 0.2) is 54.1 Å². The van der Waals surface area contributed by atoms with Crippen LogP contribution in [0.3, 0.4) is 0 Å². The zero-order valence-electron chi connectivity index (χ0n) is 19.8. The SMILES string of the molecule is COc1ccc([C@@H]2[C@@H](C(=O)O)C(c3ccc4c(c3)OCO4)CN2CC=C(C)CC(C)C)cc1. The molecule has 1 saturated heterocycles. The molecule has 1 fully saturated rings. The van der Waals surface area contributed by atoms with Crippen LogP contribution in [0, 0.1) is 11.8 Å². The summed E-state index contributed by atoms with van der Waals surface area (Å²) in [6.07, 6.45) is 3.28. The lowest BCUT2D eigenvalue weighted by atomic mass is 9.82. The first-order valence-corrected chi connectivity index (χ1v) is 11.5. The Hall–Kier alpha value is -2.99. The van der Waals surface area contributed by atoms with E-state index in [1.54, 1.807) is 7.11 Å². The number of fused-ring (bicyclic) bond motifs is 1. The Labute approximate surface area is 195 Å². The summed E-state index contributed by atoms with van der Waals surface area (Å²) in [6.45, 7) is 8.14. The van der Waals surface area contributed by atoms with Crippen molar-refractivity contribution in [3.8, 4) is 17.2 Å². The molecule has 0 aromatic heterocycles. The molecule has 6 nitrogen and oxygen atoms in total. The predicted octanol–water partition coefficient (Wildman–Crippen LogP) is 5.26. The fourth-order valence-corrected chi connectivity index (χ4v) is 5.10. The first kappa shape index (κ1) is 23.2. The number of carboxylic acid groups (broad SMARTS) is 1. The van der Waals surface area contributed by atoms with Crippen LogP contribution in [0.4, 0.5) is 0 Å². The lowest BCUT2D eigenvalue weighted by Gasteiger charge is -2.27. The van der Waals surface area contributed by atoms with E-state index in [2.05, 4.69) is 31.7 Å². The van der Waals surface area contributed by atoms with Crippen molar-refractivity contribution in [2.45, 2.75) is 39.2 Å². The molecule has 1 N–H and O–H groups in total. The predicted molar refractivity (Wildman–Crippen MR) is 127 cm³/mol. The second kappa shape index (κ2) is 9.87. The maximum atomic E-state index is 12.6. The third-order valence-electron chi connectivity index (χ3n) is 6.57. The van der Waals surface area contributed by atoms with Gasteiger partial charge in [0.15, 0.2) is 11.5 Å². The van der Waals surface area contributed by atoms with Gasteiger partial charge in [-0.15, -0.1) is 0 Å². The summed E-state index contributed by atoms with van der Waals surface area (Å²) in [5.41, 5.74) is 3.29. The van der Waals surface area contributed by atoms with Gasteiger partial charge in [-0.3, -0.25) is 9.69 Å². The number of likely N-dealkylation sites (tertiary alicyclic amines) is 1. The van der Waals surface area contributed by atoms with Crippen LogP contribution in [0.5, 0.6) is 17.2 Å². The van der Waals surface area contributed by atoms with E-state index in [9.17, 15) is 9.90 Å². The second-order valence-corrected chi connectivity index (χ2v) is 9.40. The van der Waals surface area contributed by atoms with Gasteiger partial charge in [-0.1, -0.05) is 43.7 Å². The van der Waals surface area contributed by atoms with Crippen molar-refractivity contribution in [3.63, 3.8) is 0 Å². The molecule has 0 aliphatic carbocycles. The van der Waals surface area contributed by atoms with E-state index in [1.165, 1.54) is 5.57 Å². The molecule has 0 spiro atoms. The first-order valence-electron chi connectivity index (χ1n) is 11.5. The molecule has 2 aliphatic rings. The summed E-state index contributed by atoms with van der Waals surface area (Å²) in [5.74, 6) is 1.20.